The Morgan fingerprint density at radius 1 is 1.41 bits per heavy atom. The fourth-order valence-electron chi connectivity index (χ4n) is 2.71. The first-order chi connectivity index (χ1) is 12.9. The first-order valence-corrected chi connectivity index (χ1v) is 10.1. The minimum absolute atomic E-state index is 0.136. The molecule has 7 nitrogen and oxygen atoms in total. The lowest BCUT2D eigenvalue weighted by Crippen LogP contribution is -2.33. The van der Waals surface area contributed by atoms with E-state index < -0.39 is 5.97 Å². The quantitative estimate of drug-likeness (QED) is 0.637. The Morgan fingerprint density at radius 3 is 2.85 bits per heavy atom. The van der Waals surface area contributed by atoms with E-state index in [1.807, 2.05) is 24.4 Å². The predicted molar refractivity (Wildman–Crippen MR) is 105 cm³/mol. The Hall–Kier alpha value is -2.52. The van der Waals surface area contributed by atoms with Gasteiger partial charge in [0.25, 0.3) is 5.56 Å². The molecule has 1 atom stereocenters. The van der Waals surface area contributed by atoms with Crippen LogP contribution in [-0.2, 0) is 16.1 Å². The van der Waals surface area contributed by atoms with Crippen LogP contribution in [0.2, 0.25) is 0 Å². The largest absolute Gasteiger partial charge is 0.462 e. The Labute approximate surface area is 163 Å². The summed E-state index contributed by atoms with van der Waals surface area (Å²) < 4.78 is 6.28. The van der Waals surface area contributed by atoms with Crippen molar-refractivity contribution in [2.24, 2.45) is 0 Å². The fraction of sp³-hybridized carbons (Fsp3) is 0.333. The molecule has 3 heterocycles. The molecule has 0 bridgehead atoms. The maximum absolute atomic E-state index is 12.8. The second kappa shape index (κ2) is 8.01. The molecule has 0 unspecified atom stereocenters. The van der Waals surface area contributed by atoms with Gasteiger partial charge in [0.05, 0.1) is 24.4 Å². The third-order valence-electron chi connectivity index (χ3n) is 4.04. The van der Waals surface area contributed by atoms with Crippen LogP contribution in [0, 0.1) is 6.92 Å². The molecule has 3 aromatic heterocycles. The van der Waals surface area contributed by atoms with E-state index in [-0.39, 0.29) is 30.7 Å². The molecular formula is C18H19N3O4S2. The van der Waals surface area contributed by atoms with E-state index >= 15 is 0 Å². The minimum Gasteiger partial charge on any atom is -0.462 e. The van der Waals surface area contributed by atoms with Gasteiger partial charge < -0.3 is 10.1 Å². The van der Waals surface area contributed by atoms with E-state index in [0.29, 0.717) is 20.7 Å². The highest BCUT2D eigenvalue weighted by Gasteiger charge is 2.21. The highest BCUT2D eigenvalue weighted by Crippen LogP contribution is 2.27. The fourth-order valence-corrected chi connectivity index (χ4v) is 4.48. The molecule has 0 saturated heterocycles. The lowest BCUT2D eigenvalue weighted by atomic mass is 10.2. The van der Waals surface area contributed by atoms with Crippen molar-refractivity contribution in [2.45, 2.75) is 33.4 Å². The van der Waals surface area contributed by atoms with Crippen LogP contribution in [0.4, 0.5) is 0 Å². The monoisotopic (exact) mass is 405 g/mol. The summed E-state index contributed by atoms with van der Waals surface area (Å²) in [6.45, 7) is 5.43. The molecule has 9 heteroatoms. The van der Waals surface area contributed by atoms with Crippen LogP contribution in [0.15, 0.2) is 28.6 Å². The van der Waals surface area contributed by atoms with Gasteiger partial charge in [0, 0.05) is 4.88 Å². The van der Waals surface area contributed by atoms with Gasteiger partial charge in [0.2, 0.25) is 5.91 Å². The first kappa shape index (κ1) is 19.2. The molecule has 0 fully saturated rings. The van der Waals surface area contributed by atoms with E-state index in [2.05, 4.69) is 10.3 Å². The van der Waals surface area contributed by atoms with Crippen LogP contribution in [0.1, 0.15) is 40.0 Å². The van der Waals surface area contributed by atoms with Gasteiger partial charge in [0.15, 0.2) is 0 Å². The number of aryl methyl sites for hydroxylation is 1. The van der Waals surface area contributed by atoms with Gasteiger partial charge in [0.1, 0.15) is 16.3 Å². The maximum atomic E-state index is 12.8. The van der Waals surface area contributed by atoms with Crippen molar-refractivity contribution in [3.8, 4) is 0 Å². The molecule has 3 rings (SSSR count). The van der Waals surface area contributed by atoms with Crippen LogP contribution < -0.4 is 10.9 Å². The number of rotatable bonds is 6. The van der Waals surface area contributed by atoms with Crippen LogP contribution in [-0.4, -0.2) is 28.0 Å². The summed E-state index contributed by atoms with van der Waals surface area (Å²) in [5.41, 5.74) is 0.191. The average Bonchev–Trinajstić information content (AvgIpc) is 3.26. The normalized spacial score (nSPS) is 12.1. The summed E-state index contributed by atoms with van der Waals surface area (Å²) in [7, 11) is 0. The number of carbonyl (C=O) groups excluding carboxylic acids is 2. The van der Waals surface area contributed by atoms with Gasteiger partial charge in [-0.05, 0) is 37.8 Å². The smallest absolute Gasteiger partial charge is 0.348 e. The van der Waals surface area contributed by atoms with E-state index in [0.717, 1.165) is 16.2 Å². The van der Waals surface area contributed by atoms with E-state index in [1.54, 1.807) is 25.2 Å². The number of carbonyl (C=O) groups is 2. The van der Waals surface area contributed by atoms with Crippen LogP contribution in [0.5, 0.6) is 0 Å². The number of hydrogen-bond acceptors (Lipinski definition) is 7. The zero-order valence-electron chi connectivity index (χ0n) is 15.1. The second-order valence-electron chi connectivity index (χ2n) is 5.94. The summed E-state index contributed by atoms with van der Waals surface area (Å²) in [5, 5.41) is 5.17. The number of nitrogens with one attached hydrogen (secondary N) is 1. The minimum atomic E-state index is -0.466. The van der Waals surface area contributed by atoms with Crippen molar-refractivity contribution >= 4 is 44.8 Å². The van der Waals surface area contributed by atoms with E-state index in [4.69, 9.17) is 4.74 Å². The molecule has 1 amide bonds. The van der Waals surface area contributed by atoms with Crippen molar-refractivity contribution in [1.82, 2.24) is 14.9 Å². The molecule has 0 aromatic carbocycles. The number of fused-ring (bicyclic) bond motifs is 1. The van der Waals surface area contributed by atoms with Crippen LogP contribution in [0.3, 0.4) is 0 Å². The molecule has 0 aliphatic heterocycles. The van der Waals surface area contributed by atoms with Crippen LogP contribution in [0.25, 0.3) is 10.2 Å². The number of thiophene rings is 2. The number of ether oxygens (including phenoxy) is 1. The average molecular weight is 406 g/mol. The Kier molecular flexibility index (Phi) is 5.71. The lowest BCUT2D eigenvalue weighted by Gasteiger charge is -2.13. The Balaban J connectivity index is 1.84. The zero-order valence-corrected chi connectivity index (χ0v) is 16.8. The molecule has 142 valence electrons. The SMILES string of the molecule is CCOC(=O)c1sc2ncn(CC(=O)N[C@@H](C)c3cccs3)c(=O)c2c1C. The van der Waals surface area contributed by atoms with Gasteiger partial charge in [-0.1, -0.05) is 6.07 Å². The molecule has 0 aliphatic carbocycles. The maximum Gasteiger partial charge on any atom is 0.348 e. The van der Waals surface area contributed by atoms with Crippen molar-refractivity contribution in [2.75, 3.05) is 6.61 Å². The lowest BCUT2D eigenvalue weighted by molar-refractivity contribution is -0.122. The third-order valence-corrected chi connectivity index (χ3v) is 6.27. The number of amides is 1. The Bertz CT molecular complexity index is 1040. The van der Waals surface area contributed by atoms with E-state index in [9.17, 15) is 14.4 Å². The summed E-state index contributed by atoms with van der Waals surface area (Å²) in [5.74, 6) is -0.746. The number of hydrogen-bond donors (Lipinski definition) is 1. The van der Waals surface area contributed by atoms with Gasteiger partial charge >= 0.3 is 5.97 Å². The highest BCUT2D eigenvalue weighted by molar-refractivity contribution is 7.20. The summed E-state index contributed by atoms with van der Waals surface area (Å²) >= 11 is 2.68. The Morgan fingerprint density at radius 2 is 2.19 bits per heavy atom. The van der Waals surface area contributed by atoms with Crippen molar-refractivity contribution < 1.29 is 14.3 Å². The van der Waals surface area contributed by atoms with Crippen molar-refractivity contribution in [1.29, 1.82) is 0 Å². The molecule has 27 heavy (non-hydrogen) atoms. The summed E-state index contributed by atoms with van der Waals surface area (Å²) in [6, 6.07) is 3.73. The molecule has 0 saturated carbocycles. The standard InChI is InChI=1S/C18H19N3O4S2/c1-4-25-18(24)15-10(2)14-16(27-15)19-9-21(17(14)23)8-13(22)20-11(3)12-6-5-7-26-12/h5-7,9,11H,4,8H2,1-3H3,(H,20,22)/t11-/m0/s1. The molecular weight excluding hydrogens is 386 g/mol. The highest BCUT2D eigenvalue weighted by atomic mass is 32.1. The second-order valence-corrected chi connectivity index (χ2v) is 7.92. The molecule has 1 N–H and O–H groups in total. The molecule has 0 radical (unpaired) electrons. The number of aromatic nitrogens is 2. The van der Waals surface area contributed by atoms with Crippen molar-refractivity contribution in [3.63, 3.8) is 0 Å². The van der Waals surface area contributed by atoms with Crippen LogP contribution >= 0.6 is 22.7 Å². The third kappa shape index (κ3) is 3.93. The topological polar surface area (TPSA) is 90.3 Å². The van der Waals surface area contributed by atoms with Crippen molar-refractivity contribution in [3.05, 3.63) is 49.5 Å². The van der Waals surface area contributed by atoms with E-state index in [1.165, 1.54) is 10.9 Å². The first-order valence-electron chi connectivity index (χ1n) is 8.40. The molecule has 0 aliphatic rings. The van der Waals surface area contributed by atoms with Gasteiger partial charge in [-0.15, -0.1) is 22.7 Å². The number of nitrogens with zero attached hydrogens (tertiary/aromatic N) is 2. The predicted octanol–water partition coefficient (Wildman–Crippen LogP) is 2.88. The molecule has 0 spiro atoms. The summed E-state index contributed by atoms with van der Waals surface area (Å²) in [6.07, 6.45) is 1.34. The van der Waals surface area contributed by atoms with Gasteiger partial charge in [-0.3, -0.25) is 14.2 Å². The summed E-state index contributed by atoms with van der Waals surface area (Å²) in [4.78, 5) is 43.3. The van der Waals surface area contributed by atoms with Gasteiger partial charge in [-0.2, -0.15) is 0 Å². The molecule has 3 aromatic rings. The van der Waals surface area contributed by atoms with Gasteiger partial charge in [-0.25, -0.2) is 9.78 Å². The number of esters is 1. The zero-order chi connectivity index (χ0) is 19.6.